The highest BCUT2D eigenvalue weighted by atomic mass is 35.5. The van der Waals surface area contributed by atoms with Crippen LogP contribution in [0.15, 0.2) is 29.2 Å². The molecule has 4 rings (SSSR count). The second-order valence-electron chi connectivity index (χ2n) is 8.38. The highest BCUT2D eigenvalue weighted by Crippen LogP contribution is 2.43. The molecule has 11 heteroatoms. The van der Waals surface area contributed by atoms with Gasteiger partial charge in [-0.1, -0.05) is 17.7 Å². The molecule has 1 aromatic carbocycles. The topological polar surface area (TPSA) is 74.8 Å². The number of methoxy groups -OCH3 is 1. The zero-order valence-corrected chi connectivity index (χ0v) is 19.6. The number of halogens is 3. The Morgan fingerprint density at radius 3 is 2.62 bits per heavy atom. The molecular formula is C21H25ClF2N4O3S. The summed E-state index contributed by atoms with van der Waals surface area (Å²) in [7, 11) is -0.635. The van der Waals surface area contributed by atoms with Crippen LogP contribution in [0.25, 0.3) is 0 Å². The number of hydrogen-bond donors (Lipinski definition) is 1. The van der Waals surface area contributed by atoms with Gasteiger partial charge in [0.1, 0.15) is 21.3 Å². The quantitative estimate of drug-likeness (QED) is 0.631. The van der Waals surface area contributed by atoms with Crippen molar-refractivity contribution in [1.29, 1.82) is 0 Å². The number of benzene rings is 1. The van der Waals surface area contributed by atoms with Gasteiger partial charge in [-0.2, -0.15) is 4.39 Å². The molecule has 1 atom stereocenters. The smallest absolute Gasteiger partial charge is 0.266 e. The fourth-order valence-corrected chi connectivity index (χ4v) is 6.39. The van der Waals surface area contributed by atoms with Crippen LogP contribution >= 0.6 is 11.6 Å². The monoisotopic (exact) mass is 486 g/mol. The van der Waals surface area contributed by atoms with E-state index < -0.39 is 26.7 Å². The first-order chi connectivity index (χ1) is 15.1. The molecule has 2 fully saturated rings. The summed E-state index contributed by atoms with van der Waals surface area (Å²) in [6, 6.07) is 5.46. The Morgan fingerprint density at radius 1 is 1.31 bits per heavy atom. The number of hydrogen-bond acceptors (Lipinski definition) is 6. The lowest BCUT2D eigenvalue weighted by molar-refractivity contribution is -0.0818. The molecule has 2 aliphatic heterocycles. The standard InChI is InChI=1S/C21H25ClF2N4O3S/c1-13-10-14(28-11-21(12-28,31-3)15-6-5-9-27(15)2)18(22)19(24)20(13)32(29,30)26-17-8-4-7-16(23)25-17/h4,7-8,10,15H,5-6,9,11-12H2,1-3H3,(H,25,26). The summed E-state index contributed by atoms with van der Waals surface area (Å²) in [6.07, 6.45) is 2.12. The van der Waals surface area contributed by atoms with Gasteiger partial charge in [0.25, 0.3) is 10.0 Å². The normalized spacial score (nSPS) is 20.9. The lowest BCUT2D eigenvalue weighted by Gasteiger charge is -2.54. The molecule has 2 aromatic rings. The average molecular weight is 487 g/mol. The van der Waals surface area contributed by atoms with Gasteiger partial charge < -0.3 is 14.5 Å². The Hall–Kier alpha value is -2.01. The molecule has 1 aromatic heterocycles. The van der Waals surface area contributed by atoms with Crippen molar-refractivity contribution in [3.63, 3.8) is 0 Å². The van der Waals surface area contributed by atoms with E-state index in [4.69, 9.17) is 16.3 Å². The molecule has 174 valence electrons. The van der Waals surface area contributed by atoms with Gasteiger partial charge >= 0.3 is 0 Å². The number of likely N-dealkylation sites (tertiary alicyclic amines) is 1. The average Bonchev–Trinajstić information content (AvgIpc) is 3.11. The number of aromatic nitrogens is 1. The molecule has 2 aliphatic rings. The van der Waals surface area contributed by atoms with E-state index in [-0.39, 0.29) is 28.0 Å². The van der Waals surface area contributed by atoms with Gasteiger partial charge in [-0.15, -0.1) is 0 Å². The minimum atomic E-state index is -4.38. The van der Waals surface area contributed by atoms with Crippen LogP contribution in [0.3, 0.4) is 0 Å². The maximum Gasteiger partial charge on any atom is 0.266 e. The fraction of sp³-hybridized carbons (Fsp3) is 0.476. The molecule has 7 nitrogen and oxygen atoms in total. The van der Waals surface area contributed by atoms with Crippen molar-refractivity contribution >= 4 is 33.1 Å². The van der Waals surface area contributed by atoms with Gasteiger partial charge in [0, 0.05) is 13.2 Å². The van der Waals surface area contributed by atoms with E-state index in [1.807, 2.05) is 4.90 Å². The van der Waals surface area contributed by atoms with Gasteiger partial charge in [-0.25, -0.2) is 17.8 Å². The minimum Gasteiger partial charge on any atom is -0.373 e. The number of sulfonamides is 1. The van der Waals surface area contributed by atoms with E-state index in [0.717, 1.165) is 25.5 Å². The molecule has 0 amide bonds. The van der Waals surface area contributed by atoms with Crippen LogP contribution in [0.2, 0.25) is 5.02 Å². The second-order valence-corrected chi connectivity index (χ2v) is 10.4. The number of rotatable bonds is 6. The van der Waals surface area contributed by atoms with Crippen LogP contribution in [0, 0.1) is 18.7 Å². The molecule has 1 N–H and O–H groups in total. The lowest BCUT2D eigenvalue weighted by atomic mass is 9.83. The van der Waals surface area contributed by atoms with E-state index in [9.17, 15) is 12.8 Å². The lowest BCUT2D eigenvalue weighted by Crippen LogP contribution is -2.70. The van der Waals surface area contributed by atoms with Crippen molar-refractivity contribution in [2.75, 3.05) is 43.4 Å². The molecule has 2 saturated heterocycles. The summed E-state index contributed by atoms with van der Waals surface area (Å²) in [4.78, 5) is 7.04. The van der Waals surface area contributed by atoms with Crippen molar-refractivity contribution in [1.82, 2.24) is 9.88 Å². The van der Waals surface area contributed by atoms with Gasteiger partial charge in [-0.05, 0) is 57.1 Å². The first-order valence-corrected chi connectivity index (χ1v) is 12.1. The molecule has 0 aliphatic carbocycles. The number of aryl methyl sites for hydroxylation is 1. The van der Waals surface area contributed by atoms with Crippen LogP contribution in [0.1, 0.15) is 18.4 Å². The van der Waals surface area contributed by atoms with Gasteiger partial charge in [0.2, 0.25) is 5.95 Å². The summed E-state index contributed by atoms with van der Waals surface area (Å²) in [6.45, 7) is 3.54. The number of likely N-dealkylation sites (N-methyl/N-ethyl adjacent to an activating group) is 1. The van der Waals surface area contributed by atoms with E-state index in [1.54, 1.807) is 13.2 Å². The molecule has 0 saturated carbocycles. The van der Waals surface area contributed by atoms with Gasteiger partial charge in [0.05, 0.1) is 18.8 Å². The van der Waals surface area contributed by atoms with Crippen molar-refractivity contribution in [2.24, 2.45) is 0 Å². The Morgan fingerprint density at radius 2 is 2.03 bits per heavy atom. The van der Waals surface area contributed by atoms with E-state index in [2.05, 4.69) is 21.7 Å². The van der Waals surface area contributed by atoms with Crippen molar-refractivity contribution in [3.05, 3.63) is 46.6 Å². The predicted molar refractivity (Wildman–Crippen MR) is 119 cm³/mol. The third-order valence-electron chi connectivity index (χ3n) is 6.34. The number of anilines is 2. The summed E-state index contributed by atoms with van der Waals surface area (Å²) < 4.78 is 62.2. The number of nitrogens with zero attached hydrogens (tertiary/aromatic N) is 3. The Bertz CT molecular complexity index is 1140. The number of pyridine rings is 1. The molecule has 0 spiro atoms. The van der Waals surface area contributed by atoms with Crippen LogP contribution in [0.5, 0.6) is 0 Å². The highest BCUT2D eigenvalue weighted by Gasteiger charge is 2.52. The second kappa shape index (κ2) is 8.40. The largest absolute Gasteiger partial charge is 0.373 e. The van der Waals surface area contributed by atoms with E-state index >= 15 is 4.39 Å². The first-order valence-electron chi connectivity index (χ1n) is 10.2. The minimum absolute atomic E-state index is 0.179. The molecule has 0 radical (unpaired) electrons. The predicted octanol–water partition coefficient (Wildman–Crippen LogP) is 3.42. The van der Waals surface area contributed by atoms with E-state index in [1.165, 1.54) is 19.1 Å². The summed E-state index contributed by atoms with van der Waals surface area (Å²) in [5, 5.41) is -0.285. The van der Waals surface area contributed by atoms with Crippen LogP contribution in [-0.4, -0.2) is 63.7 Å². The Kier molecular flexibility index (Phi) is 6.08. The maximum absolute atomic E-state index is 15.2. The highest BCUT2D eigenvalue weighted by molar-refractivity contribution is 7.92. The Labute approximate surface area is 191 Å². The van der Waals surface area contributed by atoms with Crippen molar-refractivity contribution in [2.45, 2.75) is 36.3 Å². The van der Waals surface area contributed by atoms with Crippen LogP contribution in [-0.2, 0) is 14.8 Å². The molecule has 0 bridgehead atoms. The summed E-state index contributed by atoms with van der Waals surface area (Å²) in [5.74, 6) is -2.17. The molecular weight excluding hydrogens is 462 g/mol. The zero-order valence-electron chi connectivity index (χ0n) is 18.0. The number of ether oxygens (including phenoxy) is 1. The van der Waals surface area contributed by atoms with Gasteiger partial charge in [0.15, 0.2) is 5.82 Å². The molecule has 3 heterocycles. The molecule has 32 heavy (non-hydrogen) atoms. The Balaban J connectivity index is 1.61. The van der Waals surface area contributed by atoms with Crippen LogP contribution < -0.4 is 9.62 Å². The third-order valence-corrected chi connectivity index (χ3v) is 8.22. The SMILES string of the molecule is COC1(C2CCCN2C)CN(c2cc(C)c(S(=O)(=O)Nc3cccc(F)n3)c(F)c2Cl)C1. The fourth-order valence-electron chi connectivity index (χ4n) is 4.75. The van der Waals surface area contributed by atoms with Crippen LogP contribution in [0.4, 0.5) is 20.3 Å². The first kappa shape index (κ1) is 23.2. The third kappa shape index (κ3) is 3.93. The summed E-state index contributed by atoms with van der Waals surface area (Å²) >= 11 is 6.30. The van der Waals surface area contributed by atoms with Gasteiger partial charge in [-0.3, -0.25) is 4.72 Å². The molecule has 1 unspecified atom stereocenters. The summed E-state index contributed by atoms with van der Waals surface area (Å²) in [5.41, 5.74) is 0.213. The van der Waals surface area contributed by atoms with Crippen molar-refractivity contribution in [3.8, 4) is 0 Å². The maximum atomic E-state index is 15.2. The zero-order chi connectivity index (χ0) is 23.3. The van der Waals surface area contributed by atoms with Crippen molar-refractivity contribution < 1.29 is 21.9 Å². The van der Waals surface area contributed by atoms with E-state index in [0.29, 0.717) is 18.8 Å². The number of nitrogens with one attached hydrogen (secondary N) is 1.